The molecule has 0 radical (unpaired) electrons. The molecule has 1 aromatic heterocycles. The fraction of sp³-hybridized carbons (Fsp3) is 0.304. The van der Waals surface area contributed by atoms with Gasteiger partial charge in [-0.25, -0.2) is 0 Å². The molecule has 1 heterocycles. The number of ketones is 2. The Hall–Kier alpha value is -2.88. The summed E-state index contributed by atoms with van der Waals surface area (Å²) in [5, 5.41) is 0. The molecule has 0 N–H and O–H groups in total. The van der Waals surface area contributed by atoms with Crippen molar-refractivity contribution in [2.24, 2.45) is 7.05 Å². The maximum absolute atomic E-state index is 13.0. The highest BCUT2D eigenvalue weighted by Gasteiger charge is 2.19. The van der Waals surface area contributed by atoms with Crippen LogP contribution in [0.15, 0.2) is 42.0 Å². The second-order valence-corrected chi connectivity index (χ2v) is 7.01. The SMILES string of the molecule is COc1ccc(C(=O)C2=Cc3c(cc(CCC(C)=O)n3C)C(C)=CC2)cc1. The van der Waals surface area contributed by atoms with Crippen LogP contribution >= 0.6 is 0 Å². The molecule has 3 rings (SSSR count). The van der Waals surface area contributed by atoms with E-state index in [9.17, 15) is 9.59 Å². The van der Waals surface area contributed by atoms with Crippen LogP contribution in [0.25, 0.3) is 11.6 Å². The molecule has 0 saturated carbocycles. The summed E-state index contributed by atoms with van der Waals surface area (Å²) in [6.45, 7) is 3.69. The van der Waals surface area contributed by atoms with Gasteiger partial charge in [-0.05, 0) is 68.7 Å². The number of nitrogens with zero attached hydrogens (tertiary/aromatic N) is 1. The minimum atomic E-state index is 0.0287. The number of allylic oxidation sites excluding steroid dienone is 3. The van der Waals surface area contributed by atoms with Crippen molar-refractivity contribution in [2.75, 3.05) is 7.11 Å². The topological polar surface area (TPSA) is 48.3 Å². The highest BCUT2D eigenvalue weighted by molar-refractivity contribution is 6.12. The number of Topliss-reactive ketones (excluding diaryl/α,β-unsaturated/α-hetero) is 2. The lowest BCUT2D eigenvalue weighted by atomic mass is 10.00. The van der Waals surface area contributed by atoms with Crippen LogP contribution in [0.2, 0.25) is 0 Å². The van der Waals surface area contributed by atoms with E-state index >= 15 is 0 Å². The lowest BCUT2D eigenvalue weighted by molar-refractivity contribution is -0.117. The molecule has 0 saturated heterocycles. The van der Waals surface area contributed by atoms with Crippen LogP contribution in [0, 0.1) is 0 Å². The molecule has 0 unspecified atom stereocenters. The number of hydrogen-bond donors (Lipinski definition) is 0. The van der Waals surface area contributed by atoms with Gasteiger partial charge in [-0.2, -0.15) is 0 Å². The van der Waals surface area contributed by atoms with Crippen molar-refractivity contribution in [3.05, 3.63) is 64.5 Å². The fourth-order valence-corrected chi connectivity index (χ4v) is 3.39. The van der Waals surface area contributed by atoms with Gasteiger partial charge in [0.25, 0.3) is 0 Å². The highest BCUT2D eigenvalue weighted by Crippen LogP contribution is 2.31. The first-order chi connectivity index (χ1) is 12.9. The summed E-state index contributed by atoms with van der Waals surface area (Å²) in [5.41, 5.74) is 5.84. The average Bonchev–Trinajstić information content (AvgIpc) is 2.88. The lowest BCUT2D eigenvalue weighted by Gasteiger charge is -2.08. The summed E-state index contributed by atoms with van der Waals surface area (Å²) in [4.78, 5) is 24.4. The summed E-state index contributed by atoms with van der Waals surface area (Å²) in [6, 6.07) is 9.35. The van der Waals surface area contributed by atoms with Crippen LogP contribution in [0.1, 0.15) is 54.0 Å². The number of fused-ring (bicyclic) bond motifs is 1. The number of hydrogen-bond acceptors (Lipinski definition) is 3. The number of methoxy groups -OCH3 is 1. The maximum Gasteiger partial charge on any atom is 0.189 e. The number of rotatable bonds is 6. The normalized spacial score (nSPS) is 13.3. The van der Waals surface area contributed by atoms with E-state index in [2.05, 4.69) is 23.6 Å². The third kappa shape index (κ3) is 3.95. The number of benzene rings is 1. The van der Waals surface area contributed by atoms with E-state index in [1.165, 1.54) is 0 Å². The molecular formula is C23H25NO3. The molecule has 4 nitrogen and oxygen atoms in total. The summed E-state index contributed by atoms with van der Waals surface area (Å²) >= 11 is 0. The second kappa shape index (κ2) is 7.78. The van der Waals surface area contributed by atoms with Gasteiger partial charge >= 0.3 is 0 Å². The van der Waals surface area contributed by atoms with Crippen molar-refractivity contribution in [1.29, 1.82) is 0 Å². The van der Waals surface area contributed by atoms with Crippen molar-refractivity contribution >= 4 is 23.2 Å². The third-order valence-corrected chi connectivity index (χ3v) is 5.12. The molecular weight excluding hydrogens is 338 g/mol. The first-order valence-corrected chi connectivity index (χ1v) is 9.15. The van der Waals surface area contributed by atoms with E-state index in [4.69, 9.17) is 4.74 Å². The van der Waals surface area contributed by atoms with E-state index < -0.39 is 0 Å². The van der Waals surface area contributed by atoms with Gasteiger partial charge in [0, 0.05) is 41.6 Å². The molecule has 0 atom stereocenters. The Balaban J connectivity index is 1.97. The van der Waals surface area contributed by atoms with Crippen LogP contribution in [0.3, 0.4) is 0 Å². The maximum atomic E-state index is 13.0. The van der Waals surface area contributed by atoms with E-state index in [-0.39, 0.29) is 11.6 Å². The molecule has 1 aliphatic rings. The minimum absolute atomic E-state index is 0.0287. The number of aryl methyl sites for hydroxylation is 1. The van der Waals surface area contributed by atoms with Crippen molar-refractivity contribution in [3.63, 3.8) is 0 Å². The molecule has 4 heteroatoms. The van der Waals surface area contributed by atoms with Gasteiger partial charge in [0.2, 0.25) is 0 Å². The van der Waals surface area contributed by atoms with Gasteiger partial charge in [-0.1, -0.05) is 6.08 Å². The molecule has 2 aromatic rings. The van der Waals surface area contributed by atoms with Gasteiger partial charge < -0.3 is 14.1 Å². The number of carbonyl (C=O) groups is 2. The van der Waals surface area contributed by atoms with E-state index in [1.54, 1.807) is 38.3 Å². The minimum Gasteiger partial charge on any atom is -0.497 e. The Morgan fingerprint density at radius 1 is 1.19 bits per heavy atom. The number of carbonyl (C=O) groups excluding carboxylic acids is 2. The van der Waals surface area contributed by atoms with Crippen LogP contribution in [-0.4, -0.2) is 23.2 Å². The zero-order valence-electron chi connectivity index (χ0n) is 16.3. The first kappa shape index (κ1) is 18.9. The quantitative estimate of drug-likeness (QED) is 0.703. The van der Waals surface area contributed by atoms with E-state index in [1.807, 2.05) is 13.1 Å². The van der Waals surface area contributed by atoms with Crippen molar-refractivity contribution in [1.82, 2.24) is 4.57 Å². The van der Waals surface area contributed by atoms with E-state index in [0.29, 0.717) is 24.8 Å². The zero-order chi connectivity index (χ0) is 19.6. The van der Waals surface area contributed by atoms with Crippen LogP contribution in [0.5, 0.6) is 5.75 Å². The Morgan fingerprint density at radius 3 is 2.52 bits per heavy atom. The van der Waals surface area contributed by atoms with Crippen LogP contribution in [-0.2, 0) is 18.3 Å². The lowest BCUT2D eigenvalue weighted by Crippen LogP contribution is -2.05. The smallest absolute Gasteiger partial charge is 0.189 e. The molecule has 0 amide bonds. The van der Waals surface area contributed by atoms with E-state index in [0.717, 1.165) is 33.8 Å². The second-order valence-electron chi connectivity index (χ2n) is 7.01. The van der Waals surface area contributed by atoms with Crippen molar-refractivity contribution < 1.29 is 14.3 Å². The van der Waals surface area contributed by atoms with Crippen LogP contribution < -0.4 is 4.74 Å². The Bertz CT molecular complexity index is 943. The predicted octanol–water partition coefficient (Wildman–Crippen LogP) is 4.63. The highest BCUT2D eigenvalue weighted by atomic mass is 16.5. The molecule has 0 aliphatic heterocycles. The summed E-state index contributed by atoms with van der Waals surface area (Å²) in [7, 11) is 3.61. The van der Waals surface area contributed by atoms with Crippen molar-refractivity contribution in [2.45, 2.75) is 33.1 Å². The summed E-state index contributed by atoms with van der Waals surface area (Å²) in [6.07, 6.45) is 5.94. The zero-order valence-corrected chi connectivity index (χ0v) is 16.3. The average molecular weight is 363 g/mol. The van der Waals surface area contributed by atoms with Crippen LogP contribution in [0.4, 0.5) is 0 Å². The molecule has 140 valence electrons. The van der Waals surface area contributed by atoms with Gasteiger partial charge in [0.1, 0.15) is 11.5 Å². The first-order valence-electron chi connectivity index (χ1n) is 9.15. The Labute approximate surface area is 160 Å². The van der Waals surface area contributed by atoms with Crippen molar-refractivity contribution in [3.8, 4) is 5.75 Å². The molecule has 0 bridgehead atoms. The summed E-state index contributed by atoms with van der Waals surface area (Å²) < 4.78 is 7.27. The Kier molecular flexibility index (Phi) is 5.45. The largest absolute Gasteiger partial charge is 0.497 e. The fourth-order valence-electron chi connectivity index (χ4n) is 3.39. The van der Waals surface area contributed by atoms with Gasteiger partial charge in [-0.15, -0.1) is 0 Å². The molecule has 27 heavy (non-hydrogen) atoms. The number of ether oxygens (including phenoxy) is 1. The van der Waals surface area contributed by atoms with Gasteiger partial charge in [0.05, 0.1) is 7.11 Å². The van der Waals surface area contributed by atoms with Gasteiger partial charge in [-0.3, -0.25) is 4.79 Å². The molecule has 1 aromatic carbocycles. The standard InChI is InChI=1S/C23H25NO3/c1-15-5-7-18(23(26)17-8-11-20(27-4)12-9-17)13-22-21(15)14-19(24(22)3)10-6-16(2)25/h5,8-9,11-14H,6-7,10H2,1-4H3. The van der Waals surface area contributed by atoms with Gasteiger partial charge in [0.15, 0.2) is 5.78 Å². The molecule has 0 spiro atoms. The third-order valence-electron chi connectivity index (χ3n) is 5.12. The Morgan fingerprint density at radius 2 is 1.89 bits per heavy atom. The predicted molar refractivity (Wildman–Crippen MR) is 108 cm³/mol. The molecule has 0 fully saturated rings. The number of aromatic nitrogens is 1. The monoisotopic (exact) mass is 363 g/mol. The summed E-state index contributed by atoms with van der Waals surface area (Å²) in [5.74, 6) is 0.947. The molecule has 1 aliphatic carbocycles.